The van der Waals surface area contributed by atoms with Crippen LogP contribution < -0.4 is 10.1 Å². The second-order valence-electron chi connectivity index (χ2n) is 8.76. The van der Waals surface area contributed by atoms with E-state index in [2.05, 4.69) is 15.4 Å². The fourth-order valence-corrected chi connectivity index (χ4v) is 4.30. The minimum Gasteiger partial charge on any atom is -0.496 e. The van der Waals surface area contributed by atoms with Crippen molar-refractivity contribution in [3.8, 4) is 5.75 Å². The molecule has 3 aliphatic rings. The largest absolute Gasteiger partial charge is 0.496 e. The number of benzene rings is 1. The van der Waals surface area contributed by atoms with Crippen LogP contribution >= 0.6 is 0 Å². The Balaban J connectivity index is 1.33. The van der Waals surface area contributed by atoms with Crippen molar-refractivity contribution in [3.63, 3.8) is 0 Å². The molecule has 0 aromatic heterocycles. The van der Waals surface area contributed by atoms with Gasteiger partial charge >= 0.3 is 0 Å². The SMILES string of the molecule is COc1ccccc1C1=NOC(C)(C(=O)NCC2(CN3CCCCC3)CC2)C1. The predicted octanol–water partition coefficient (Wildman–Crippen LogP) is 2.96. The average molecular weight is 386 g/mol. The Bertz CT molecular complexity index is 753. The number of hydrogen-bond acceptors (Lipinski definition) is 5. The van der Waals surface area contributed by atoms with Crippen molar-refractivity contribution < 1.29 is 14.4 Å². The molecule has 1 saturated carbocycles. The van der Waals surface area contributed by atoms with E-state index in [4.69, 9.17) is 9.57 Å². The lowest BCUT2D eigenvalue weighted by Crippen LogP contribution is -2.48. The lowest BCUT2D eigenvalue weighted by Gasteiger charge is -2.31. The molecule has 2 fully saturated rings. The molecule has 0 spiro atoms. The molecule has 1 saturated heterocycles. The second-order valence-corrected chi connectivity index (χ2v) is 8.76. The van der Waals surface area contributed by atoms with Gasteiger partial charge in [-0.05, 0) is 57.8 Å². The zero-order valence-electron chi connectivity index (χ0n) is 17.0. The van der Waals surface area contributed by atoms with Crippen molar-refractivity contribution in [1.82, 2.24) is 10.2 Å². The zero-order valence-corrected chi connectivity index (χ0v) is 17.0. The van der Waals surface area contributed by atoms with Crippen LogP contribution in [0.15, 0.2) is 29.4 Å². The van der Waals surface area contributed by atoms with Crippen LogP contribution in [-0.2, 0) is 9.63 Å². The number of likely N-dealkylation sites (tertiary alicyclic amines) is 1. The van der Waals surface area contributed by atoms with Crippen molar-refractivity contribution in [3.05, 3.63) is 29.8 Å². The number of oxime groups is 1. The smallest absolute Gasteiger partial charge is 0.267 e. The van der Waals surface area contributed by atoms with Gasteiger partial charge in [-0.2, -0.15) is 0 Å². The van der Waals surface area contributed by atoms with Gasteiger partial charge in [0.2, 0.25) is 5.60 Å². The Morgan fingerprint density at radius 1 is 1.25 bits per heavy atom. The van der Waals surface area contributed by atoms with Crippen LogP contribution in [0.2, 0.25) is 0 Å². The molecule has 6 heteroatoms. The van der Waals surface area contributed by atoms with Crippen LogP contribution in [0.3, 0.4) is 0 Å². The highest BCUT2D eigenvalue weighted by Crippen LogP contribution is 2.46. The van der Waals surface area contributed by atoms with Gasteiger partial charge in [0.15, 0.2) is 0 Å². The number of nitrogens with one attached hydrogen (secondary N) is 1. The van der Waals surface area contributed by atoms with Gasteiger partial charge in [0.1, 0.15) is 5.75 Å². The fourth-order valence-electron chi connectivity index (χ4n) is 4.30. The first kappa shape index (κ1) is 19.2. The van der Waals surface area contributed by atoms with E-state index in [1.165, 1.54) is 45.2 Å². The van der Waals surface area contributed by atoms with Crippen molar-refractivity contribution in [1.29, 1.82) is 0 Å². The molecule has 0 bridgehead atoms. The maximum Gasteiger partial charge on any atom is 0.267 e. The zero-order chi connectivity index (χ0) is 19.6. The number of rotatable bonds is 7. The number of methoxy groups -OCH3 is 1. The fraction of sp³-hybridized carbons (Fsp3) is 0.636. The quantitative estimate of drug-likeness (QED) is 0.784. The number of carbonyl (C=O) groups excluding carboxylic acids is 1. The lowest BCUT2D eigenvalue weighted by molar-refractivity contribution is -0.142. The first-order chi connectivity index (χ1) is 13.5. The van der Waals surface area contributed by atoms with Gasteiger partial charge in [-0.15, -0.1) is 0 Å². The third-order valence-electron chi connectivity index (χ3n) is 6.35. The molecular formula is C22H31N3O3. The van der Waals surface area contributed by atoms with Crippen LogP contribution in [0.25, 0.3) is 0 Å². The molecule has 1 N–H and O–H groups in total. The Labute approximate surface area is 167 Å². The number of carbonyl (C=O) groups is 1. The normalized spacial score (nSPS) is 26.3. The van der Waals surface area contributed by atoms with E-state index in [0.717, 1.165) is 30.1 Å². The lowest BCUT2D eigenvalue weighted by atomic mass is 9.94. The maximum atomic E-state index is 12.9. The molecule has 1 aromatic rings. The summed E-state index contributed by atoms with van der Waals surface area (Å²) < 4.78 is 5.42. The van der Waals surface area contributed by atoms with Crippen molar-refractivity contribution in [2.45, 2.75) is 51.0 Å². The summed E-state index contributed by atoms with van der Waals surface area (Å²) in [6.45, 7) is 6.05. The summed E-state index contributed by atoms with van der Waals surface area (Å²) in [7, 11) is 1.64. The summed E-state index contributed by atoms with van der Waals surface area (Å²) >= 11 is 0. The monoisotopic (exact) mass is 385 g/mol. The van der Waals surface area contributed by atoms with Gasteiger partial charge in [0.05, 0.1) is 12.8 Å². The third-order valence-corrected chi connectivity index (χ3v) is 6.35. The number of amides is 1. The molecular weight excluding hydrogens is 354 g/mol. The molecule has 152 valence electrons. The number of para-hydroxylation sites is 1. The van der Waals surface area contributed by atoms with Gasteiger partial charge in [-0.3, -0.25) is 4.79 Å². The summed E-state index contributed by atoms with van der Waals surface area (Å²) in [5.41, 5.74) is 0.931. The highest BCUT2D eigenvalue weighted by Gasteiger charge is 2.47. The first-order valence-corrected chi connectivity index (χ1v) is 10.4. The summed E-state index contributed by atoms with van der Waals surface area (Å²) in [6.07, 6.45) is 6.80. The maximum absolute atomic E-state index is 12.9. The average Bonchev–Trinajstić information content (AvgIpc) is 3.37. The summed E-state index contributed by atoms with van der Waals surface area (Å²) in [5.74, 6) is 0.666. The van der Waals surface area contributed by atoms with E-state index < -0.39 is 5.60 Å². The van der Waals surface area contributed by atoms with E-state index in [9.17, 15) is 4.79 Å². The molecule has 1 aliphatic carbocycles. The van der Waals surface area contributed by atoms with Crippen molar-refractivity contribution in [2.24, 2.45) is 10.6 Å². The van der Waals surface area contributed by atoms with E-state index in [0.29, 0.717) is 6.42 Å². The van der Waals surface area contributed by atoms with Crippen LogP contribution in [0, 0.1) is 5.41 Å². The summed E-state index contributed by atoms with van der Waals surface area (Å²) in [4.78, 5) is 21.1. The first-order valence-electron chi connectivity index (χ1n) is 10.4. The van der Waals surface area contributed by atoms with E-state index in [1.54, 1.807) is 7.11 Å². The van der Waals surface area contributed by atoms with Crippen LogP contribution in [0.4, 0.5) is 0 Å². The molecule has 1 unspecified atom stereocenters. The molecule has 28 heavy (non-hydrogen) atoms. The number of piperidine rings is 1. The van der Waals surface area contributed by atoms with E-state index in [-0.39, 0.29) is 11.3 Å². The second kappa shape index (κ2) is 7.74. The Kier molecular flexibility index (Phi) is 5.32. The Morgan fingerprint density at radius 3 is 2.71 bits per heavy atom. The van der Waals surface area contributed by atoms with Gasteiger partial charge in [-0.1, -0.05) is 23.7 Å². The molecule has 6 nitrogen and oxygen atoms in total. The van der Waals surface area contributed by atoms with E-state index >= 15 is 0 Å². The molecule has 4 rings (SSSR count). The summed E-state index contributed by atoms with van der Waals surface area (Å²) in [6, 6.07) is 7.70. The minimum absolute atomic E-state index is 0.0777. The van der Waals surface area contributed by atoms with E-state index in [1.807, 2.05) is 31.2 Å². The molecule has 2 heterocycles. The van der Waals surface area contributed by atoms with Crippen LogP contribution in [0.1, 0.15) is 51.0 Å². The van der Waals surface area contributed by atoms with Gasteiger partial charge in [-0.25, -0.2) is 0 Å². The third kappa shape index (κ3) is 4.02. The Hall–Kier alpha value is -2.08. The predicted molar refractivity (Wildman–Crippen MR) is 109 cm³/mol. The highest BCUT2D eigenvalue weighted by molar-refractivity contribution is 6.07. The topological polar surface area (TPSA) is 63.2 Å². The molecule has 1 amide bonds. The number of hydrogen-bond donors (Lipinski definition) is 1. The number of ether oxygens (including phenoxy) is 1. The van der Waals surface area contributed by atoms with Gasteiger partial charge in [0, 0.05) is 30.5 Å². The van der Waals surface area contributed by atoms with Gasteiger partial charge in [0.25, 0.3) is 5.91 Å². The molecule has 0 radical (unpaired) electrons. The van der Waals surface area contributed by atoms with Crippen LogP contribution in [-0.4, -0.2) is 55.4 Å². The number of nitrogens with zero attached hydrogens (tertiary/aromatic N) is 2. The van der Waals surface area contributed by atoms with Gasteiger partial charge < -0.3 is 19.8 Å². The van der Waals surface area contributed by atoms with Crippen molar-refractivity contribution in [2.75, 3.05) is 33.3 Å². The Morgan fingerprint density at radius 2 is 2.00 bits per heavy atom. The van der Waals surface area contributed by atoms with Crippen LogP contribution in [0.5, 0.6) is 5.75 Å². The summed E-state index contributed by atoms with van der Waals surface area (Å²) in [5, 5.41) is 7.37. The van der Waals surface area contributed by atoms with Crippen molar-refractivity contribution >= 4 is 11.6 Å². The molecule has 1 aromatic carbocycles. The highest BCUT2D eigenvalue weighted by atomic mass is 16.7. The molecule has 1 atom stereocenters. The molecule has 2 aliphatic heterocycles. The standard InChI is InChI=1S/C22H31N3O3/c1-21(14-18(24-28-21)17-8-4-5-9-19(17)27-2)20(26)23-15-22(10-11-22)16-25-12-6-3-7-13-25/h4-5,8-9H,3,6-7,10-16H2,1-2H3,(H,23,26). The minimum atomic E-state index is -0.961.